The highest BCUT2D eigenvalue weighted by Gasteiger charge is 2.58. The zero-order chi connectivity index (χ0) is 34.7. The van der Waals surface area contributed by atoms with Gasteiger partial charge in [-0.05, 0) is 74.3 Å². The van der Waals surface area contributed by atoms with E-state index < -0.39 is 10.8 Å². The predicted octanol–water partition coefficient (Wildman–Crippen LogP) is 11.6. The molecule has 2 aromatic heterocycles. The van der Waals surface area contributed by atoms with Crippen molar-refractivity contribution in [3.63, 3.8) is 0 Å². The monoisotopic (exact) mass is 674 g/mol. The SMILES string of the molecule is c1ccc2c(c1)Oc1cc(-c3cnc4c(ccc5cccnc54)c3)ccc1C21c2ccccc2C2(c3ccccc3-c3ccccc32)c2ccccc21. The van der Waals surface area contributed by atoms with Crippen LogP contribution in [0.2, 0.25) is 0 Å². The molecule has 3 aliphatic rings. The van der Waals surface area contributed by atoms with E-state index in [1.807, 2.05) is 18.5 Å². The van der Waals surface area contributed by atoms with Crippen molar-refractivity contribution < 1.29 is 4.74 Å². The molecule has 0 saturated carbocycles. The van der Waals surface area contributed by atoms with E-state index in [1.54, 1.807) is 0 Å². The highest BCUT2D eigenvalue weighted by molar-refractivity contribution is 6.03. The number of pyridine rings is 2. The van der Waals surface area contributed by atoms with Crippen molar-refractivity contribution in [2.45, 2.75) is 10.8 Å². The van der Waals surface area contributed by atoms with Crippen LogP contribution in [0.5, 0.6) is 11.5 Å². The van der Waals surface area contributed by atoms with Crippen LogP contribution in [0.3, 0.4) is 0 Å². The maximum Gasteiger partial charge on any atom is 0.132 e. The Morgan fingerprint density at radius 1 is 0.358 bits per heavy atom. The molecule has 3 heteroatoms. The average molecular weight is 675 g/mol. The molecule has 0 fully saturated rings. The first-order chi connectivity index (χ1) is 26.3. The molecule has 0 radical (unpaired) electrons. The first kappa shape index (κ1) is 28.8. The zero-order valence-electron chi connectivity index (χ0n) is 28.6. The van der Waals surface area contributed by atoms with Crippen LogP contribution in [0, 0.1) is 0 Å². The van der Waals surface area contributed by atoms with Gasteiger partial charge in [-0.25, -0.2) is 0 Å². The quantitative estimate of drug-likeness (QED) is 0.163. The molecule has 12 rings (SSSR count). The predicted molar refractivity (Wildman–Crippen MR) is 212 cm³/mol. The van der Waals surface area contributed by atoms with Crippen LogP contribution in [0.15, 0.2) is 182 Å². The fourth-order valence-corrected chi connectivity index (χ4v) is 10.1. The third-order valence-electron chi connectivity index (χ3n) is 12.1. The summed E-state index contributed by atoms with van der Waals surface area (Å²) in [4.78, 5) is 9.60. The van der Waals surface area contributed by atoms with Gasteiger partial charge >= 0.3 is 0 Å². The van der Waals surface area contributed by atoms with Gasteiger partial charge in [0.2, 0.25) is 0 Å². The summed E-state index contributed by atoms with van der Waals surface area (Å²) in [6, 6.07) is 62.2. The minimum Gasteiger partial charge on any atom is -0.457 e. The first-order valence-electron chi connectivity index (χ1n) is 18.2. The van der Waals surface area contributed by atoms with Crippen LogP contribution in [0.4, 0.5) is 0 Å². The number of para-hydroxylation sites is 1. The van der Waals surface area contributed by atoms with Gasteiger partial charge in [0.1, 0.15) is 11.5 Å². The van der Waals surface area contributed by atoms with Crippen molar-refractivity contribution in [1.29, 1.82) is 0 Å². The van der Waals surface area contributed by atoms with Crippen LogP contribution < -0.4 is 4.74 Å². The molecule has 1 aliphatic heterocycles. The Balaban J connectivity index is 1.15. The minimum absolute atomic E-state index is 0.477. The van der Waals surface area contributed by atoms with Gasteiger partial charge in [-0.15, -0.1) is 0 Å². The van der Waals surface area contributed by atoms with E-state index in [0.29, 0.717) is 0 Å². The zero-order valence-corrected chi connectivity index (χ0v) is 28.6. The molecular formula is C50H30N2O. The summed E-state index contributed by atoms with van der Waals surface area (Å²) in [7, 11) is 0. The number of hydrogen-bond donors (Lipinski definition) is 0. The van der Waals surface area contributed by atoms with Crippen LogP contribution in [-0.2, 0) is 10.8 Å². The Labute approximate surface area is 306 Å². The summed E-state index contributed by atoms with van der Waals surface area (Å²) in [6.45, 7) is 0. The van der Waals surface area contributed by atoms with Crippen molar-refractivity contribution >= 4 is 21.8 Å². The molecule has 7 aromatic carbocycles. The average Bonchev–Trinajstić information content (AvgIpc) is 3.53. The number of fused-ring (bicyclic) bond motifs is 18. The molecular weight excluding hydrogens is 645 g/mol. The second-order valence-electron chi connectivity index (χ2n) is 14.4. The Morgan fingerprint density at radius 2 is 0.887 bits per heavy atom. The van der Waals surface area contributed by atoms with E-state index in [-0.39, 0.29) is 0 Å². The normalized spacial score (nSPS) is 14.9. The fraction of sp³-hybridized carbons (Fsp3) is 0.0400. The lowest BCUT2D eigenvalue weighted by atomic mass is 9.51. The highest BCUT2D eigenvalue weighted by Crippen LogP contribution is 2.67. The summed E-state index contributed by atoms with van der Waals surface area (Å²) in [5, 5.41) is 2.15. The van der Waals surface area contributed by atoms with E-state index >= 15 is 0 Å². The molecule has 0 amide bonds. The maximum atomic E-state index is 6.94. The Bertz CT molecular complexity index is 2920. The molecule has 0 atom stereocenters. The topological polar surface area (TPSA) is 35.0 Å². The van der Waals surface area contributed by atoms with Gasteiger partial charge in [0.25, 0.3) is 0 Å². The molecule has 0 unspecified atom stereocenters. The van der Waals surface area contributed by atoms with Gasteiger partial charge in [0, 0.05) is 39.9 Å². The first-order valence-corrected chi connectivity index (χ1v) is 18.2. The maximum absolute atomic E-state index is 6.94. The third-order valence-corrected chi connectivity index (χ3v) is 12.1. The fourth-order valence-electron chi connectivity index (χ4n) is 10.1. The third kappa shape index (κ3) is 3.54. The highest BCUT2D eigenvalue weighted by atomic mass is 16.5. The molecule has 0 saturated heterocycles. The largest absolute Gasteiger partial charge is 0.457 e. The molecule has 2 spiro atoms. The number of aromatic nitrogens is 2. The van der Waals surface area contributed by atoms with Gasteiger partial charge in [-0.3, -0.25) is 9.97 Å². The van der Waals surface area contributed by atoms with Gasteiger partial charge in [-0.1, -0.05) is 146 Å². The summed E-state index contributed by atoms with van der Waals surface area (Å²) in [5.41, 5.74) is 15.6. The van der Waals surface area contributed by atoms with Gasteiger partial charge < -0.3 is 4.74 Å². The van der Waals surface area contributed by atoms with E-state index in [2.05, 4.69) is 169 Å². The molecule has 3 nitrogen and oxygen atoms in total. The lowest BCUT2D eigenvalue weighted by Gasteiger charge is -2.51. The van der Waals surface area contributed by atoms with E-state index in [0.717, 1.165) is 55.6 Å². The molecule has 9 aromatic rings. The molecule has 2 aliphatic carbocycles. The molecule has 0 N–H and O–H groups in total. The number of nitrogens with zero attached hydrogens (tertiary/aromatic N) is 2. The number of benzene rings is 7. The molecule has 53 heavy (non-hydrogen) atoms. The van der Waals surface area contributed by atoms with Crippen molar-refractivity contribution in [3.8, 4) is 33.8 Å². The van der Waals surface area contributed by atoms with Crippen molar-refractivity contribution in [2.75, 3.05) is 0 Å². The number of hydrogen-bond acceptors (Lipinski definition) is 3. The van der Waals surface area contributed by atoms with Gasteiger partial charge in [-0.2, -0.15) is 0 Å². The molecule has 0 bridgehead atoms. The second kappa shape index (κ2) is 10.4. The van der Waals surface area contributed by atoms with Crippen LogP contribution >= 0.6 is 0 Å². The van der Waals surface area contributed by atoms with Gasteiger partial charge in [0.15, 0.2) is 0 Å². The Kier molecular flexibility index (Phi) is 5.64. The summed E-state index contributed by atoms with van der Waals surface area (Å²) in [6.07, 6.45) is 3.80. The van der Waals surface area contributed by atoms with Crippen molar-refractivity contribution in [3.05, 3.63) is 227 Å². The van der Waals surface area contributed by atoms with Crippen LogP contribution in [-0.4, -0.2) is 9.97 Å². The smallest absolute Gasteiger partial charge is 0.132 e. The number of rotatable bonds is 1. The minimum atomic E-state index is -0.625. The summed E-state index contributed by atoms with van der Waals surface area (Å²) < 4.78 is 6.94. The lowest BCUT2D eigenvalue weighted by molar-refractivity contribution is 0.429. The summed E-state index contributed by atoms with van der Waals surface area (Å²) in [5.74, 6) is 1.73. The van der Waals surface area contributed by atoms with E-state index in [4.69, 9.17) is 9.72 Å². The van der Waals surface area contributed by atoms with Gasteiger partial charge in [0.05, 0.1) is 21.9 Å². The van der Waals surface area contributed by atoms with Crippen molar-refractivity contribution in [2.24, 2.45) is 0 Å². The Hall–Kier alpha value is -6.84. The van der Waals surface area contributed by atoms with E-state index in [9.17, 15) is 0 Å². The lowest BCUT2D eigenvalue weighted by Crippen LogP contribution is -2.45. The standard InChI is InChI=1S/C50H30N2O/c1-3-15-37-35(13-1)36-14-2-4-16-38(36)49(37)39-17-5-7-19-41(39)50(42-20-8-6-18-40(42)49)43-21-9-10-22-45(43)53-46-29-32(25-26-44(46)50)34-28-33-24-23-31-12-11-27-51-47(31)48(33)52-30-34/h1-30H. The van der Waals surface area contributed by atoms with Crippen LogP contribution in [0.25, 0.3) is 44.1 Å². The Morgan fingerprint density at radius 3 is 1.57 bits per heavy atom. The molecule has 246 valence electrons. The summed E-state index contributed by atoms with van der Waals surface area (Å²) >= 11 is 0. The molecule has 3 heterocycles. The van der Waals surface area contributed by atoms with Crippen molar-refractivity contribution in [1.82, 2.24) is 9.97 Å². The number of ether oxygens (including phenoxy) is 1. The van der Waals surface area contributed by atoms with E-state index in [1.165, 1.54) is 44.5 Å². The van der Waals surface area contributed by atoms with Crippen LogP contribution in [0.1, 0.15) is 44.5 Å². The second-order valence-corrected chi connectivity index (χ2v) is 14.4.